The van der Waals surface area contributed by atoms with E-state index in [1.807, 2.05) is 18.2 Å². The van der Waals surface area contributed by atoms with Gasteiger partial charge >= 0.3 is 0 Å². The van der Waals surface area contributed by atoms with Crippen molar-refractivity contribution in [1.82, 2.24) is 20.6 Å². The third-order valence-corrected chi connectivity index (χ3v) is 6.90. The average Bonchev–Trinajstić information content (AvgIpc) is 3.21. The number of anilines is 1. The lowest BCUT2D eigenvalue weighted by atomic mass is 9.93. The average molecular weight is 444 g/mol. The summed E-state index contributed by atoms with van der Waals surface area (Å²) < 4.78 is 1.03. The molecule has 30 heavy (non-hydrogen) atoms. The fraction of sp³-hybridized carbons (Fsp3) is 0.409. The van der Waals surface area contributed by atoms with E-state index in [0.717, 1.165) is 52.6 Å². The maximum atomic E-state index is 11.9. The summed E-state index contributed by atoms with van der Waals surface area (Å²) in [6.45, 7) is 3.13. The number of hydrogen-bond acceptors (Lipinski definition) is 6. The third kappa shape index (κ3) is 4.91. The van der Waals surface area contributed by atoms with E-state index >= 15 is 0 Å². The quantitative estimate of drug-likeness (QED) is 0.466. The lowest BCUT2D eigenvalue weighted by molar-refractivity contribution is 0.0963. The van der Waals surface area contributed by atoms with Crippen LogP contribution in [0.5, 0.6) is 0 Å². The first-order valence-corrected chi connectivity index (χ1v) is 11.6. The van der Waals surface area contributed by atoms with Crippen molar-refractivity contribution in [2.24, 2.45) is 5.92 Å². The van der Waals surface area contributed by atoms with E-state index in [0.29, 0.717) is 16.5 Å². The number of carbonyl (C=O) groups is 1. The van der Waals surface area contributed by atoms with Crippen molar-refractivity contribution < 1.29 is 4.79 Å². The van der Waals surface area contributed by atoms with Crippen LogP contribution in [0.3, 0.4) is 0 Å². The predicted molar refractivity (Wildman–Crippen MR) is 125 cm³/mol. The van der Waals surface area contributed by atoms with E-state index in [1.165, 1.54) is 19.3 Å². The van der Waals surface area contributed by atoms with Gasteiger partial charge in [0.15, 0.2) is 0 Å². The Hall–Kier alpha value is -2.22. The highest BCUT2D eigenvalue weighted by Gasteiger charge is 2.14. The van der Waals surface area contributed by atoms with Gasteiger partial charge < -0.3 is 16.0 Å². The Morgan fingerprint density at radius 2 is 2.13 bits per heavy atom. The van der Waals surface area contributed by atoms with Crippen LogP contribution < -0.4 is 16.0 Å². The van der Waals surface area contributed by atoms with Crippen molar-refractivity contribution in [3.05, 3.63) is 41.0 Å². The minimum absolute atomic E-state index is 0.0945. The number of rotatable bonds is 7. The molecule has 0 bridgehead atoms. The van der Waals surface area contributed by atoms with Gasteiger partial charge in [-0.2, -0.15) is 0 Å². The predicted octanol–water partition coefficient (Wildman–Crippen LogP) is 4.56. The summed E-state index contributed by atoms with van der Waals surface area (Å²) in [7, 11) is 1.63. The minimum atomic E-state index is -0.0945. The van der Waals surface area contributed by atoms with Crippen LogP contribution in [0.4, 0.5) is 5.95 Å². The summed E-state index contributed by atoms with van der Waals surface area (Å²) in [6, 6.07) is 7.74. The summed E-state index contributed by atoms with van der Waals surface area (Å²) in [6.07, 6.45) is 6.54. The van der Waals surface area contributed by atoms with E-state index < -0.39 is 0 Å². The first-order valence-electron chi connectivity index (χ1n) is 10.4. The molecule has 3 N–H and O–H groups in total. The maximum Gasteiger partial charge on any atom is 0.251 e. The number of nitrogens with one attached hydrogen (secondary N) is 3. The molecule has 2 aromatic heterocycles. The summed E-state index contributed by atoms with van der Waals surface area (Å²) >= 11 is 7.98. The number of aromatic nitrogens is 2. The molecule has 1 aromatic carbocycles. The molecule has 1 saturated heterocycles. The van der Waals surface area contributed by atoms with Crippen molar-refractivity contribution in [3.63, 3.8) is 0 Å². The van der Waals surface area contributed by atoms with Crippen LogP contribution in [0, 0.1) is 5.92 Å². The summed E-state index contributed by atoms with van der Waals surface area (Å²) in [5.41, 5.74) is 1.36. The normalized spacial score (nSPS) is 14.7. The van der Waals surface area contributed by atoms with E-state index in [9.17, 15) is 4.79 Å². The zero-order valence-electron chi connectivity index (χ0n) is 17.0. The number of hydrogen-bond donors (Lipinski definition) is 3. The SMILES string of the molecule is CNC(=O)c1ccc2cc(-c3nc(NCCCC4CCNCC4)ncc3Cl)sc2c1. The molecule has 3 aromatic rings. The number of carbonyl (C=O) groups excluding carboxylic acids is 1. The largest absolute Gasteiger partial charge is 0.355 e. The van der Waals surface area contributed by atoms with E-state index in [1.54, 1.807) is 24.6 Å². The number of thiophene rings is 1. The summed E-state index contributed by atoms with van der Waals surface area (Å²) in [4.78, 5) is 21.9. The van der Waals surface area contributed by atoms with Crippen LogP contribution in [0.15, 0.2) is 30.5 Å². The molecule has 0 aliphatic carbocycles. The van der Waals surface area contributed by atoms with Crippen LogP contribution in [0.1, 0.15) is 36.0 Å². The Bertz CT molecular complexity index is 1030. The highest BCUT2D eigenvalue weighted by Crippen LogP contribution is 2.36. The lowest BCUT2D eigenvalue weighted by Gasteiger charge is -2.22. The van der Waals surface area contributed by atoms with Gasteiger partial charge in [-0.3, -0.25) is 4.79 Å². The van der Waals surface area contributed by atoms with Gasteiger partial charge in [-0.05, 0) is 68.3 Å². The molecule has 1 aliphatic heterocycles. The molecular formula is C22H26ClN5OS. The smallest absolute Gasteiger partial charge is 0.251 e. The number of halogens is 1. The standard InChI is InChI=1S/C22H26ClN5OS/c1-24-21(29)16-5-4-15-11-19(30-18(15)12-16)20-17(23)13-27-22(28-20)26-8-2-3-14-6-9-25-10-7-14/h4-5,11-14,25H,2-3,6-10H2,1H3,(H,24,29)(H,26,27,28). The molecule has 0 radical (unpaired) electrons. The molecule has 0 unspecified atom stereocenters. The van der Waals surface area contributed by atoms with Crippen LogP contribution in [0.2, 0.25) is 5.02 Å². The van der Waals surface area contributed by atoms with Gasteiger partial charge in [0.1, 0.15) is 5.69 Å². The molecule has 158 valence electrons. The van der Waals surface area contributed by atoms with Crippen molar-refractivity contribution in [2.45, 2.75) is 25.7 Å². The fourth-order valence-electron chi connectivity index (χ4n) is 3.82. The van der Waals surface area contributed by atoms with Gasteiger partial charge in [0.2, 0.25) is 5.95 Å². The van der Waals surface area contributed by atoms with E-state index in [-0.39, 0.29) is 5.91 Å². The van der Waals surface area contributed by atoms with Gasteiger partial charge in [-0.25, -0.2) is 9.97 Å². The van der Waals surface area contributed by atoms with E-state index in [4.69, 9.17) is 11.6 Å². The highest BCUT2D eigenvalue weighted by molar-refractivity contribution is 7.22. The van der Waals surface area contributed by atoms with Gasteiger partial charge in [0.05, 0.1) is 16.1 Å². The second-order valence-electron chi connectivity index (χ2n) is 7.59. The van der Waals surface area contributed by atoms with Crippen molar-refractivity contribution in [3.8, 4) is 10.6 Å². The molecule has 3 heterocycles. The van der Waals surface area contributed by atoms with Crippen LogP contribution >= 0.6 is 22.9 Å². The van der Waals surface area contributed by atoms with Crippen LogP contribution in [-0.4, -0.2) is 42.6 Å². The molecule has 1 fully saturated rings. The number of amides is 1. The molecule has 6 nitrogen and oxygen atoms in total. The number of nitrogens with zero attached hydrogens (tertiary/aromatic N) is 2. The highest BCUT2D eigenvalue weighted by atomic mass is 35.5. The minimum Gasteiger partial charge on any atom is -0.355 e. The molecule has 1 aliphatic rings. The molecular weight excluding hydrogens is 418 g/mol. The van der Waals surface area contributed by atoms with Crippen molar-refractivity contribution in [2.75, 3.05) is 32.0 Å². The van der Waals surface area contributed by atoms with Gasteiger partial charge in [-0.1, -0.05) is 17.7 Å². The Morgan fingerprint density at radius 1 is 1.30 bits per heavy atom. The first kappa shape index (κ1) is 21.0. The second-order valence-corrected chi connectivity index (χ2v) is 9.09. The van der Waals surface area contributed by atoms with Crippen molar-refractivity contribution in [1.29, 1.82) is 0 Å². The van der Waals surface area contributed by atoms with Gasteiger partial charge in [0.25, 0.3) is 5.91 Å². The maximum absolute atomic E-state index is 11.9. The summed E-state index contributed by atoms with van der Waals surface area (Å²) in [5.74, 6) is 1.33. The first-order chi connectivity index (χ1) is 14.6. The molecule has 4 rings (SSSR count). The fourth-order valence-corrected chi connectivity index (χ4v) is 5.17. The molecule has 0 atom stereocenters. The number of benzene rings is 1. The zero-order valence-corrected chi connectivity index (χ0v) is 18.6. The lowest BCUT2D eigenvalue weighted by Crippen LogP contribution is -2.27. The third-order valence-electron chi connectivity index (χ3n) is 5.52. The molecule has 0 saturated carbocycles. The van der Waals surface area contributed by atoms with Crippen LogP contribution in [-0.2, 0) is 0 Å². The monoisotopic (exact) mass is 443 g/mol. The second kappa shape index (κ2) is 9.73. The van der Waals surface area contributed by atoms with Gasteiger partial charge in [0, 0.05) is 23.9 Å². The Morgan fingerprint density at radius 3 is 2.93 bits per heavy atom. The Kier molecular flexibility index (Phi) is 6.82. The Balaban J connectivity index is 1.45. The Labute approximate surface area is 185 Å². The number of piperidine rings is 1. The molecule has 1 amide bonds. The van der Waals surface area contributed by atoms with Crippen molar-refractivity contribution >= 4 is 44.9 Å². The molecule has 0 spiro atoms. The number of fused-ring (bicyclic) bond motifs is 1. The van der Waals surface area contributed by atoms with Crippen LogP contribution in [0.25, 0.3) is 20.7 Å². The van der Waals surface area contributed by atoms with Gasteiger partial charge in [-0.15, -0.1) is 11.3 Å². The summed E-state index contributed by atoms with van der Waals surface area (Å²) in [5, 5.41) is 11.0. The topological polar surface area (TPSA) is 78.9 Å². The molecule has 8 heteroatoms. The zero-order chi connectivity index (χ0) is 20.9. The van der Waals surface area contributed by atoms with E-state index in [2.05, 4.69) is 32.0 Å².